The van der Waals surface area contributed by atoms with Crippen LogP contribution in [0, 0.1) is 0 Å². The summed E-state index contributed by atoms with van der Waals surface area (Å²) in [5.74, 6) is -0.421. The van der Waals surface area contributed by atoms with E-state index in [1.54, 1.807) is 6.92 Å². The van der Waals surface area contributed by atoms with Gasteiger partial charge in [-0.1, -0.05) is 35.5 Å². The van der Waals surface area contributed by atoms with E-state index in [4.69, 9.17) is 9.26 Å². The minimum atomic E-state index is -0.927. The van der Waals surface area contributed by atoms with E-state index < -0.39 is 12.1 Å². The standard InChI is InChI=1S/C14H15NO4/c1-3-18-14(17)11-12(10-7-5-4-6-8-10)15-19-13(11)9(2)16/h4-9,16H,3H2,1-2H3/t9-/m0/s1. The SMILES string of the molecule is CCOC(=O)c1c(-c2ccccc2)noc1[C@H](C)O. The minimum absolute atomic E-state index is 0.123. The van der Waals surface area contributed by atoms with Crippen LogP contribution in [-0.2, 0) is 4.74 Å². The first-order valence-electron chi connectivity index (χ1n) is 6.05. The van der Waals surface area contributed by atoms with Crippen LogP contribution in [0.2, 0.25) is 0 Å². The number of ether oxygens (including phenoxy) is 1. The number of nitrogens with zero attached hydrogens (tertiary/aromatic N) is 1. The molecular formula is C14H15NO4. The number of carbonyl (C=O) groups is 1. The summed E-state index contributed by atoms with van der Waals surface area (Å²) in [5, 5.41) is 13.5. The van der Waals surface area contributed by atoms with Gasteiger partial charge in [0.05, 0.1) is 6.61 Å². The van der Waals surface area contributed by atoms with Crippen LogP contribution in [0.3, 0.4) is 0 Å². The van der Waals surface area contributed by atoms with Crippen LogP contribution in [0.1, 0.15) is 36.1 Å². The number of carbonyl (C=O) groups excluding carboxylic acids is 1. The molecule has 2 rings (SSSR count). The normalized spacial score (nSPS) is 12.2. The molecule has 0 unspecified atom stereocenters. The first kappa shape index (κ1) is 13.3. The molecule has 5 nitrogen and oxygen atoms in total. The van der Waals surface area contributed by atoms with Gasteiger partial charge in [-0.05, 0) is 13.8 Å². The molecule has 100 valence electrons. The minimum Gasteiger partial charge on any atom is -0.462 e. The van der Waals surface area contributed by atoms with Gasteiger partial charge in [-0.25, -0.2) is 4.79 Å². The van der Waals surface area contributed by atoms with Crippen molar-refractivity contribution in [2.75, 3.05) is 6.61 Å². The van der Waals surface area contributed by atoms with Gasteiger partial charge in [0.2, 0.25) is 0 Å². The molecule has 2 aromatic rings. The number of aliphatic hydroxyl groups is 1. The summed E-state index contributed by atoms with van der Waals surface area (Å²) in [6.07, 6.45) is -0.927. The highest BCUT2D eigenvalue weighted by atomic mass is 16.5. The molecule has 0 saturated heterocycles. The van der Waals surface area contributed by atoms with Crippen molar-refractivity contribution in [2.45, 2.75) is 20.0 Å². The van der Waals surface area contributed by atoms with Crippen molar-refractivity contribution >= 4 is 5.97 Å². The summed E-state index contributed by atoms with van der Waals surface area (Å²) in [5.41, 5.74) is 1.30. The number of benzene rings is 1. The Morgan fingerprint density at radius 1 is 1.42 bits per heavy atom. The Labute approximate surface area is 110 Å². The van der Waals surface area contributed by atoms with Crippen molar-refractivity contribution in [1.82, 2.24) is 5.16 Å². The Bertz CT molecular complexity index is 560. The van der Waals surface area contributed by atoms with E-state index in [1.165, 1.54) is 6.92 Å². The molecule has 0 bridgehead atoms. The first-order chi connectivity index (χ1) is 9.15. The largest absolute Gasteiger partial charge is 0.462 e. The smallest absolute Gasteiger partial charge is 0.344 e. The van der Waals surface area contributed by atoms with Crippen molar-refractivity contribution in [2.24, 2.45) is 0 Å². The lowest BCUT2D eigenvalue weighted by Crippen LogP contribution is -2.09. The van der Waals surface area contributed by atoms with Gasteiger partial charge >= 0.3 is 5.97 Å². The molecule has 1 N–H and O–H groups in total. The van der Waals surface area contributed by atoms with Crippen molar-refractivity contribution in [3.05, 3.63) is 41.7 Å². The molecule has 1 heterocycles. The van der Waals surface area contributed by atoms with Crippen LogP contribution in [0.25, 0.3) is 11.3 Å². The van der Waals surface area contributed by atoms with Crippen LogP contribution in [0.5, 0.6) is 0 Å². The van der Waals surface area contributed by atoms with Crippen LogP contribution < -0.4 is 0 Å². The molecule has 0 aliphatic carbocycles. The van der Waals surface area contributed by atoms with Gasteiger partial charge in [0.1, 0.15) is 17.4 Å². The lowest BCUT2D eigenvalue weighted by molar-refractivity contribution is 0.0516. The predicted octanol–water partition coefficient (Wildman–Crippen LogP) is 2.57. The Kier molecular flexibility index (Phi) is 3.97. The molecule has 0 radical (unpaired) electrons. The second-order valence-corrected chi connectivity index (χ2v) is 4.03. The quantitative estimate of drug-likeness (QED) is 0.856. The number of hydrogen-bond donors (Lipinski definition) is 1. The highest BCUT2D eigenvalue weighted by molar-refractivity contribution is 5.97. The van der Waals surface area contributed by atoms with Crippen molar-refractivity contribution in [3.63, 3.8) is 0 Å². The van der Waals surface area contributed by atoms with Crippen molar-refractivity contribution in [3.8, 4) is 11.3 Å². The molecule has 5 heteroatoms. The van der Waals surface area contributed by atoms with Crippen LogP contribution in [-0.4, -0.2) is 22.8 Å². The zero-order valence-electron chi connectivity index (χ0n) is 10.8. The lowest BCUT2D eigenvalue weighted by atomic mass is 10.0. The summed E-state index contributed by atoms with van der Waals surface area (Å²) in [4.78, 5) is 12.0. The molecule has 1 aromatic carbocycles. The molecule has 0 amide bonds. The molecule has 1 atom stereocenters. The summed E-state index contributed by atoms with van der Waals surface area (Å²) in [6, 6.07) is 9.16. The fourth-order valence-electron chi connectivity index (χ4n) is 1.78. The Balaban J connectivity index is 2.53. The van der Waals surface area contributed by atoms with E-state index in [-0.39, 0.29) is 17.9 Å². The third kappa shape index (κ3) is 2.66. The zero-order valence-corrected chi connectivity index (χ0v) is 10.8. The van der Waals surface area contributed by atoms with Crippen molar-refractivity contribution < 1.29 is 19.2 Å². The summed E-state index contributed by atoms with van der Waals surface area (Å²) in [6.45, 7) is 3.48. The van der Waals surface area contributed by atoms with Gasteiger partial charge in [-0.15, -0.1) is 0 Å². The second kappa shape index (κ2) is 5.67. The molecule has 0 saturated carbocycles. The maximum absolute atomic E-state index is 12.0. The van der Waals surface area contributed by atoms with Gasteiger partial charge in [-0.3, -0.25) is 0 Å². The Hall–Kier alpha value is -2.14. The average Bonchev–Trinajstić information content (AvgIpc) is 2.85. The van der Waals surface area contributed by atoms with E-state index in [0.29, 0.717) is 5.69 Å². The van der Waals surface area contributed by atoms with Gasteiger partial charge < -0.3 is 14.4 Å². The van der Waals surface area contributed by atoms with E-state index in [2.05, 4.69) is 5.16 Å². The maximum Gasteiger partial charge on any atom is 0.344 e. The maximum atomic E-state index is 12.0. The summed E-state index contributed by atoms with van der Waals surface area (Å²) in [7, 11) is 0. The summed E-state index contributed by atoms with van der Waals surface area (Å²) < 4.78 is 10.1. The van der Waals surface area contributed by atoms with Crippen LogP contribution in [0.4, 0.5) is 0 Å². The molecule has 0 aliphatic rings. The average molecular weight is 261 g/mol. The topological polar surface area (TPSA) is 72.6 Å². The molecule has 1 aromatic heterocycles. The third-order valence-electron chi connectivity index (χ3n) is 2.62. The number of aliphatic hydroxyl groups excluding tert-OH is 1. The monoisotopic (exact) mass is 261 g/mol. The van der Waals surface area contributed by atoms with Crippen LogP contribution >= 0.6 is 0 Å². The predicted molar refractivity (Wildman–Crippen MR) is 68.5 cm³/mol. The number of rotatable bonds is 4. The fraction of sp³-hybridized carbons (Fsp3) is 0.286. The van der Waals surface area contributed by atoms with Gasteiger partial charge in [0, 0.05) is 5.56 Å². The zero-order chi connectivity index (χ0) is 13.8. The highest BCUT2D eigenvalue weighted by Gasteiger charge is 2.27. The molecule has 0 aliphatic heterocycles. The van der Waals surface area contributed by atoms with Crippen molar-refractivity contribution in [1.29, 1.82) is 0 Å². The van der Waals surface area contributed by atoms with Gasteiger partial charge in [-0.2, -0.15) is 0 Å². The lowest BCUT2D eigenvalue weighted by Gasteiger charge is -2.05. The second-order valence-electron chi connectivity index (χ2n) is 4.03. The number of esters is 1. The van der Waals surface area contributed by atoms with Gasteiger partial charge in [0.15, 0.2) is 5.76 Å². The molecular weight excluding hydrogens is 246 g/mol. The van der Waals surface area contributed by atoms with E-state index in [9.17, 15) is 9.90 Å². The van der Waals surface area contributed by atoms with E-state index in [1.807, 2.05) is 30.3 Å². The summed E-state index contributed by atoms with van der Waals surface area (Å²) >= 11 is 0. The number of hydrogen-bond acceptors (Lipinski definition) is 5. The Morgan fingerprint density at radius 3 is 2.68 bits per heavy atom. The highest BCUT2D eigenvalue weighted by Crippen LogP contribution is 2.29. The fourth-order valence-corrected chi connectivity index (χ4v) is 1.78. The molecule has 0 fully saturated rings. The number of aromatic nitrogens is 1. The Morgan fingerprint density at radius 2 is 2.11 bits per heavy atom. The third-order valence-corrected chi connectivity index (χ3v) is 2.62. The molecule has 0 spiro atoms. The van der Waals surface area contributed by atoms with E-state index in [0.717, 1.165) is 5.56 Å². The first-order valence-corrected chi connectivity index (χ1v) is 6.05. The van der Waals surface area contributed by atoms with Crippen LogP contribution in [0.15, 0.2) is 34.9 Å². The van der Waals surface area contributed by atoms with E-state index >= 15 is 0 Å². The van der Waals surface area contributed by atoms with Gasteiger partial charge in [0.25, 0.3) is 0 Å². The molecule has 19 heavy (non-hydrogen) atoms.